The molecule has 1 heterocycles. The Hall–Kier alpha value is -1.96. The molecule has 0 N–H and O–H groups in total. The Balaban J connectivity index is 1.50. The number of para-hydroxylation sites is 4. The summed E-state index contributed by atoms with van der Waals surface area (Å²) < 4.78 is 0. The van der Waals surface area contributed by atoms with E-state index in [9.17, 15) is 0 Å². The number of nitrogens with zero attached hydrogens (tertiary/aromatic N) is 2. The lowest BCUT2D eigenvalue weighted by Crippen LogP contribution is -2.35. The molecule has 0 radical (unpaired) electrons. The molecule has 2 saturated carbocycles. The number of anilines is 4. The molecule has 148 valence electrons. The van der Waals surface area contributed by atoms with Crippen molar-refractivity contribution in [2.75, 3.05) is 22.9 Å². The highest BCUT2D eigenvalue weighted by atomic mass is 15.3. The van der Waals surface area contributed by atoms with Gasteiger partial charge in [-0.2, -0.15) is 0 Å². The minimum atomic E-state index is 0.833. The van der Waals surface area contributed by atoms with E-state index in [4.69, 9.17) is 0 Å². The maximum absolute atomic E-state index is 2.64. The third-order valence-corrected chi connectivity index (χ3v) is 7.26. The van der Waals surface area contributed by atoms with Crippen LogP contribution in [0.15, 0.2) is 48.5 Å². The van der Waals surface area contributed by atoms with Crippen LogP contribution in [0.3, 0.4) is 0 Å². The fraction of sp³-hybridized carbons (Fsp3) is 0.538. The molecule has 0 atom stereocenters. The van der Waals surface area contributed by atoms with Gasteiger partial charge in [-0.1, -0.05) is 62.8 Å². The predicted octanol–water partition coefficient (Wildman–Crippen LogP) is 7.44. The van der Waals surface area contributed by atoms with Gasteiger partial charge in [0.15, 0.2) is 0 Å². The molecule has 28 heavy (non-hydrogen) atoms. The van der Waals surface area contributed by atoms with E-state index in [2.05, 4.69) is 58.3 Å². The summed E-state index contributed by atoms with van der Waals surface area (Å²) in [5.41, 5.74) is 5.68. The van der Waals surface area contributed by atoms with Gasteiger partial charge in [0.2, 0.25) is 0 Å². The molecule has 0 unspecified atom stereocenters. The average Bonchev–Trinajstić information content (AvgIpc) is 2.77. The van der Waals surface area contributed by atoms with E-state index in [1.165, 1.54) is 100 Å². The fourth-order valence-corrected chi connectivity index (χ4v) is 5.75. The van der Waals surface area contributed by atoms with E-state index < -0.39 is 0 Å². The standard InChI is InChI=1S/C26H34N2/c1-3-11-21(12-4-1)19-27-23-15-7-9-17-25(23)28(20-22-13-5-2-6-14-22)26-18-10-8-16-24(26)27/h7-10,15-18,21-22H,1-6,11-14,19-20H2. The first-order chi connectivity index (χ1) is 13.9. The third kappa shape index (κ3) is 3.54. The second kappa shape index (κ2) is 8.19. The van der Waals surface area contributed by atoms with Gasteiger partial charge < -0.3 is 9.80 Å². The van der Waals surface area contributed by atoms with Crippen molar-refractivity contribution in [3.05, 3.63) is 48.5 Å². The summed E-state index contributed by atoms with van der Waals surface area (Å²) in [7, 11) is 0. The van der Waals surface area contributed by atoms with Gasteiger partial charge in [-0.3, -0.25) is 0 Å². The van der Waals surface area contributed by atoms with Crippen molar-refractivity contribution in [2.45, 2.75) is 64.2 Å². The van der Waals surface area contributed by atoms with E-state index in [1.54, 1.807) is 0 Å². The Morgan fingerprint density at radius 2 is 0.821 bits per heavy atom. The van der Waals surface area contributed by atoms with Crippen molar-refractivity contribution in [3.8, 4) is 0 Å². The molecule has 2 nitrogen and oxygen atoms in total. The molecule has 0 saturated heterocycles. The molecule has 2 aromatic rings. The quantitative estimate of drug-likeness (QED) is 0.549. The molecule has 2 aromatic carbocycles. The Bertz CT molecular complexity index is 673. The first-order valence-corrected chi connectivity index (χ1v) is 11.6. The predicted molar refractivity (Wildman–Crippen MR) is 120 cm³/mol. The lowest BCUT2D eigenvalue weighted by molar-refractivity contribution is 0.361. The van der Waals surface area contributed by atoms with Crippen LogP contribution >= 0.6 is 0 Å². The molecule has 0 bridgehead atoms. The van der Waals surface area contributed by atoms with Crippen molar-refractivity contribution in [3.63, 3.8) is 0 Å². The summed E-state index contributed by atoms with van der Waals surface area (Å²) in [5, 5.41) is 0. The number of hydrogen-bond donors (Lipinski definition) is 0. The van der Waals surface area contributed by atoms with Gasteiger partial charge in [0, 0.05) is 13.1 Å². The summed E-state index contributed by atoms with van der Waals surface area (Å²) in [6.45, 7) is 2.34. The van der Waals surface area contributed by atoms with E-state index in [0.29, 0.717) is 0 Å². The lowest BCUT2D eigenvalue weighted by atomic mass is 9.87. The van der Waals surface area contributed by atoms with Crippen LogP contribution in [0.5, 0.6) is 0 Å². The Morgan fingerprint density at radius 1 is 0.500 bits per heavy atom. The highest BCUT2D eigenvalue weighted by Crippen LogP contribution is 2.49. The van der Waals surface area contributed by atoms with Gasteiger partial charge in [0.1, 0.15) is 0 Å². The van der Waals surface area contributed by atoms with Crippen LogP contribution in [0.1, 0.15) is 64.2 Å². The van der Waals surface area contributed by atoms with E-state index in [-0.39, 0.29) is 0 Å². The Kier molecular flexibility index (Phi) is 5.29. The lowest BCUT2D eigenvalue weighted by Gasteiger charge is -2.43. The fourth-order valence-electron chi connectivity index (χ4n) is 5.75. The van der Waals surface area contributed by atoms with Gasteiger partial charge in [-0.05, 0) is 61.8 Å². The van der Waals surface area contributed by atoms with Crippen molar-refractivity contribution in [1.29, 1.82) is 0 Å². The average molecular weight is 375 g/mol. The largest absolute Gasteiger partial charge is 0.338 e. The van der Waals surface area contributed by atoms with Crippen LogP contribution in [0.4, 0.5) is 22.7 Å². The maximum atomic E-state index is 2.64. The second-order valence-electron chi connectivity index (χ2n) is 9.21. The van der Waals surface area contributed by atoms with Gasteiger partial charge in [0.25, 0.3) is 0 Å². The number of fused-ring (bicyclic) bond motifs is 2. The molecule has 2 aliphatic carbocycles. The van der Waals surface area contributed by atoms with Crippen LogP contribution in [0.25, 0.3) is 0 Å². The first kappa shape index (κ1) is 18.1. The van der Waals surface area contributed by atoms with Crippen LogP contribution in [-0.2, 0) is 0 Å². The molecule has 2 fully saturated rings. The summed E-state index contributed by atoms with van der Waals surface area (Å²) in [6.07, 6.45) is 14.1. The monoisotopic (exact) mass is 374 g/mol. The molecule has 5 rings (SSSR count). The number of rotatable bonds is 4. The summed E-state index contributed by atoms with van der Waals surface area (Å²) >= 11 is 0. The number of benzene rings is 2. The molecule has 0 amide bonds. The van der Waals surface area contributed by atoms with E-state index in [1.807, 2.05) is 0 Å². The molecule has 2 heteroatoms. The van der Waals surface area contributed by atoms with E-state index >= 15 is 0 Å². The van der Waals surface area contributed by atoms with Crippen LogP contribution in [-0.4, -0.2) is 13.1 Å². The topological polar surface area (TPSA) is 6.48 Å². The Labute approximate surface area is 170 Å². The smallest absolute Gasteiger partial charge is 0.0652 e. The van der Waals surface area contributed by atoms with Crippen LogP contribution < -0.4 is 9.80 Å². The second-order valence-corrected chi connectivity index (χ2v) is 9.21. The van der Waals surface area contributed by atoms with Gasteiger partial charge in [0.05, 0.1) is 22.7 Å². The molecular weight excluding hydrogens is 340 g/mol. The summed E-state index contributed by atoms with van der Waals surface area (Å²) in [5.74, 6) is 1.67. The SMILES string of the molecule is c1ccc2c(c1)N(CC1CCCCC1)c1ccccc1N2CC1CCCCC1. The van der Waals surface area contributed by atoms with Crippen molar-refractivity contribution in [2.24, 2.45) is 11.8 Å². The molecule has 3 aliphatic rings. The highest BCUT2D eigenvalue weighted by Gasteiger charge is 2.31. The van der Waals surface area contributed by atoms with Crippen LogP contribution in [0, 0.1) is 11.8 Å². The molecule has 1 aliphatic heterocycles. The first-order valence-electron chi connectivity index (χ1n) is 11.6. The zero-order chi connectivity index (χ0) is 18.8. The maximum Gasteiger partial charge on any atom is 0.0652 e. The molecule has 0 aromatic heterocycles. The van der Waals surface area contributed by atoms with Crippen molar-refractivity contribution in [1.82, 2.24) is 0 Å². The third-order valence-electron chi connectivity index (χ3n) is 7.26. The summed E-state index contributed by atoms with van der Waals surface area (Å²) in [4.78, 5) is 5.27. The molecular formula is C26H34N2. The zero-order valence-corrected chi connectivity index (χ0v) is 17.2. The minimum Gasteiger partial charge on any atom is -0.338 e. The zero-order valence-electron chi connectivity index (χ0n) is 17.2. The van der Waals surface area contributed by atoms with Gasteiger partial charge >= 0.3 is 0 Å². The number of hydrogen-bond acceptors (Lipinski definition) is 2. The van der Waals surface area contributed by atoms with Gasteiger partial charge in [-0.25, -0.2) is 0 Å². The van der Waals surface area contributed by atoms with Crippen molar-refractivity contribution >= 4 is 22.7 Å². The van der Waals surface area contributed by atoms with Crippen LogP contribution in [0.2, 0.25) is 0 Å². The molecule has 0 spiro atoms. The van der Waals surface area contributed by atoms with Crippen molar-refractivity contribution < 1.29 is 0 Å². The Morgan fingerprint density at radius 3 is 1.14 bits per heavy atom. The normalized spacial score (nSPS) is 20.7. The van der Waals surface area contributed by atoms with Gasteiger partial charge in [-0.15, -0.1) is 0 Å². The van der Waals surface area contributed by atoms with E-state index in [0.717, 1.165) is 11.8 Å². The summed E-state index contributed by atoms with van der Waals surface area (Å²) in [6, 6.07) is 18.3. The minimum absolute atomic E-state index is 0.833. The highest BCUT2D eigenvalue weighted by molar-refractivity contribution is 5.93.